The van der Waals surface area contributed by atoms with Crippen LogP contribution in [-0.4, -0.2) is 32.1 Å². The number of carbonyl (C=O) groups is 1. The van der Waals surface area contributed by atoms with Gasteiger partial charge in [0.05, 0.1) is 7.11 Å². The molecule has 1 amide bonds. The number of piperidine rings is 1. The number of benzene rings is 1. The summed E-state index contributed by atoms with van der Waals surface area (Å²) >= 11 is 0. The summed E-state index contributed by atoms with van der Waals surface area (Å²) in [6, 6.07) is 8.34. The normalized spacial score (nSPS) is 22.9. The van der Waals surface area contributed by atoms with E-state index < -0.39 is 0 Å². The van der Waals surface area contributed by atoms with Crippen LogP contribution in [0.2, 0.25) is 0 Å². The van der Waals surface area contributed by atoms with E-state index in [1.807, 2.05) is 18.2 Å². The third kappa shape index (κ3) is 4.73. The quantitative estimate of drug-likeness (QED) is 0.848. The van der Waals surface area contributed by atoms with Gasteiger partial charge in [-0.25, -0.2) is 0 Å². The minimum absolute atomic E-state index is 0.168. The Hall–Kier alpha value is -1.55. The summed E-state index contributed by atoms with van der Waals surface area (Å²) in [5, 5.41) is 6.56. The first-order valence-corrected chi connectivity index (χ1v) is 8.22. The summed E-state index contributed by atoms with van der Waals surface area (Å²) in [6.45, 7) is 6.29. The van der Waals surface area contributed by atoms with Crippen LogP contribution >= 0.6 is 0 Å². The average molecular weight is 304 g/mol. The summed E-state index contributed by atoms with van der Waals surface area (Å²) in [7, 11) is 1.69. The molecule has 22 heavy (non-hydrogen) atoms. The summed E-state index contributed by atoms with van der Waals surface area (Å²) in [5.74, 6) is 1.87. The van der Waals surface area contributed by atoms with Crippen molar-refractivity contribution in [2.75, 3.05) is 20.2 Å². The summed E-state index contributed by atoms with van der Waals surface area (Å²) in [6.07, 6.45) is 2.45. The molecule has 1 saturated heterocycles. The van der Waals surface area contributed by atoms with Gasteiger partial charge in [0.25, 0.3) is 0 Å². The highest BCUT2D eigenvalue weighted by Crippen LogP contribution is 2.22. The molecule has 1 fully saturated rings. The van der Waals surface area contributed by atoms with Crippen LogP contribution in [0.1, 0.15) is 32.3 Å². The second-order valence-electron chi connectivity index (χ2n) is 6.47. The number of hydrogen-bond donors (Lipinski definition) is 2. The van der Waals surface area contributed by atoms with Crippen LogP contribution in [0.5, 0.6) is 5.75 Å². The Kier molecular flexibility index (Phi) is 6.25. The third-order valence-corrected chi connectivity index (χ3v) is 4.43. The Labute approximate surface area is 133 Å². The molecule has 4 nitrogen and oxygen atoms in total. The zero-order chi connectivity index (χ0) is 15.9. The van der Waals surface area contributed by atoms with E-state index in [2.05, 4.69) is 30.5 Å². The van der Waals surface area contributed by atoms with E-state index >= 15 is 0 Å². The second-order valence-corrected chi connectivity index (χ2v) is 6.47. The first kappa shape index (κ1) is 16.8. The van der Waals surface area contributed by atoms with E-state index in [0.29, 0.717) is 24.3 Å². The molecule has 1 aliphatic rings. The van der Waals surface area contributed by atoms with Crippen molar-refractivity contribution in [3.8, 4) is 5.75 Å². The monoisotopic (exact) mass is 304 g/mol. The lowest BCUT2D eigenvalue weighted by molar-refractivity contribution is -0.123. The number of amides is 1. The van der Waals surface area contributed by atoms with Gasteiger partial charge in [0.15, 0.2) is 0 Å². The summed E-state index contributed by atoms with van der Waals surface area (Å²) in [5.41, 5.74) is 1.17. The van der Waals surface area contributed by atoms with Crippen LogP contribution in [-0.2, 0) is 11.2 Å². The lowest BCUT2D eigenvalue weighted by atomic mass is 9.93. The SMILES string of the molecule is COc1ccccc1CC(C)CC(=O)NC1CCNCC1C. The largest absolute Gasteiger partial charge is 0.496 e. The van der Waals surface area contributed by atoms with Crippen LogP contribution in [0, 0.1) is 11.8 Å². The van der Waals surface area contributed by atoms with Crippen molar-refractivity contribution in [2.45, 2.75) is 39.2 Å². The van der Waals surface area contributed by atoms with Crippen LogP contribution in [0.3, 0.4) is 0 Å². The molecule has 0 bridgehead atoms. The zero-order valence-electron chi connectivity index (χ0n) is 13.9. The van der Waals surface area contributed by atoms with Gasteiger partial charge in [-0.3, -0.25) is 4.79 Å². The molecule has 1 heterocycles. The second kappa shape index (κ2) is 8.18. The fraction of sp³-hybridized carbons (Fsp3) is 0.611. The van der Waals surface area contributed by atoms with Crippen molar-refractivity contribution in [2.24, 2.45) is 11.8 Å². The smallest absolute Gasteiger partial charge is 0.220 e. The van der Waals surface area contributed by atoms with E-state index in [4.69, 9.17) is 4.74 Å². The standard InChI is InChI=1S/C18H28N2O2/c1-13(10-15-6-4-5-7-17(15)22-3)11-18(21)20-16-8-9-19-12-14(16)2/h4-7,13-14,16,19H,8-12H2,1-3H3,(H,20,21). The molecule has 122 valence electrons. The van der Waals surface area contributed by atoms with Gasteiger partial charge in [0.2, 0.25) is 5.91 Å². The van der Waals surface area contributed by atoms with Crippen molar-refractivity contribution in [3.63, 3.8) is 0 Å². The van der Waals surface area contributed by atoms with Crippen molar-refractivity contribution >= 4 is 5.91 Å². The minimum atomic E-state index is 0.168. The molecule has 0 spiro atoms. The van der Waals surface area contributed by atoms with Crippen molar-refractivity contribution in [1.29, 1.82) is 0 Å². The van der Waals surface area contributed by atoms with Crippen LogP contribution < -0.4 is 15.4 Å². The van der Waals surface area contributed by atoms with Gasteiger partial charge in [-0.05, 0) is 49.4 Å². The van der Waals surface area contributed by atoms with Gasteiger partial charge in [0, 0.05) is 12.5 Å². The van der Waals surface area contributed by atoms with Gasteiger partial charge in [0.1, 0.15) is 5.75 Å². The highest BCUT2D eigenvalue weighted by molar-refractivity contribution is 5.76. The predicted octanol–water partition coefficient (Wildman–Crippen LogP) is 2.38. The maximum absolute atomic E-state index is 12.2. The van der Waals surface area contributed by atoms with Gasteiger partial charge in [-0.2, -0.15) is 0 Å². The molecule has 0 saturated carbocycles. The lowest BCUT2D eigenvalue weighted by Gasteiger charge is -2.30. The Morgan fingerprint density at radius 3 is 2.95 bits per heavy atom. The van der Waals surface area contributed by atoms with E-state index in [0.717, 1.165) is 31.7 Å². The number of ether oxygens (including phenoxy) is 1. The maximum atomic E-state index is 12.2. The molecule has 1 aromatic carbocycles. The minimum Gasteiger partial charge on any atom is -0.496 e. The van der Waals surface area contributed by atoms with Gasteiger partial charge < -0.3 is 15.4 Å². The van der Waals surface area contributed by atoms with Crippen LogP contribution in [0.25, 0.3) is 0 Å². The maximum Gasteiger partial charge on any atom is 0.220 e. The molecule has 1 aromatic rings. The molecule has 3 unspecified atom stereocenters. The number of para-hydroxylation sites is 1. The molecule has 3 atom stereocenters. The summed E-state index contributed by atoms with van der Waals surface area (Å²) < 4.78 is 5.38. The number of hydrogen-bond acceptors (Lipinski definition) is 3. The van der Waals surface area contributed by atoms with Crippen molar-refractivity contribution < 1.29 is 9.53 Å². The molecule has 1 aliphatic heterocycles. The molecule has 2 N–H and O–H groups in total. The number of carbonyl (C=O) groups excluding carboxylic acids is 1. The first-order valence-electron chi connectivity index (χ1n) is 8.22. The lowest BCUT2D eigenvalue weighted by Crippen LogP contribution is -2.48. The molecule has 2 rings (SSSR count). The Bertz CT molecular complexity index is 490. The molecule has 4 heteroatoms. The predicted molar refractivity (Wildman–Crippen MR) is 89.1 cm³/mol. The fourth-order valence-corrected chi connectivity index (χ4v) is 3.13. The Morgan fingerprint density at radius 2 is 2.23 bits per heavy atom. The number of nitrogens with one attached hydrogen (secondary N) is 2. The topological polar surface area (TPSA) is 50.4 Å². The van der Waals surface area contributed by atoms with E-state index in [-0.39, 0.29) is 5.91 Å². The number of rotatable bonds is 6. The first-order chi connectivity index (χ1) is 10.6. The summed E-state index contributed by atoms with van der Waals surface area (Å²) in [4.78, 5) is 12.2. The Morgan fingerprint density at radius 1 is 1.45 bits per heavy atom. The van der Waals surface area contributed by atoms with Crippen molar-refractivity contribution in [3.05, 3.63) is 29.8 Å². The van der Waals surface area contributed by atoms with E-state index in [1.54, 1.807) is 7.11 Å². The highest BCUT2D eigenvalue weighted by atomic mass is 16.5. The van der Waals surface area contributed by atoms with Gasteiger partial charge in [-0.1, -0.05) is 32.0 Å². The molecular weight excluding hydrogens is 276 g/mol. The molecule has 0 radical (unpaired) electrons. The van der Waals surface area contributed by atoms with Crippen LogP contribution in [0.4, 0.5) is 0 Å². The molecular formula is C18H28N2O2. The number of methoxy groups -OCH3 is 1. The highest BCUT2D eigenvalue weighted by Gasteiger charge is 2.23. The molecule has 0 aliphatic carbocycles. The van der Waals surface area contributed by atoms with Gasteiger partial charge in [-0.15, -0.1) is 0 Å². The third-order valence-electron chi connectivity index (χ3n) is 4.43. The van der Waals surface area contributed by atoms with Crippen LogP contribution in [0.15, 0.2) is 24.3 Å². The zero-order valence-corrected chi connectivity index (χ0v) is 13.9. The molecule has 0 aromatic heterocycles. The van der Waals surface area contributed by atoms with Crippen molar-refractivity contribution in [1.82, 2.24) is 10.6 Å². The van der Waals surface area contributed by atoms with E-state index in [1.165, 1.54) is 5.56 Å². The van der Waals surface area contributed by atoms with E-state index in [9.17, 15) is 4.79 Å². The Balaban J connectivity index is 1.83. The fourth-order valence-electron chi connectivity index (χ4n) is 3.13. The van der Waals surface area contributed by atoms with Gasteiger partial charge >= 0.3 is 0 Å². The average Bonchev–Trinajstić information content (AvgIpc) is 2.50.